The Balaban J connectivity index is 3.51. The standard InChI is InChI=1S/C62H121NO4/c1-3-5-7-9-11-13-15-17-19-21-23-25-26-27-28-29-30-31-32-33-34-35-37-39-41-43-45-47-49-51-53-55-57-61(66)63-59(58-64)62(67)60(65)56-54-52-50-48-46-44-42-40-38-36-24-22-20-18-16-14-12-10-8-6-4-2/h27-28,48,50,59-60,62,64-65,67H,3-26,29-47,49,51-58H2,1-2H3,(H,63,66)/b28-27-,50-48+. The third-order valence-electron chi connectivity index (χ3n) is 14.5. The number of aliphatic hydroxyl groups excluding tert-OH is 3. The van der Waals surface area contributed by atoms with Gasteiger partial charge in [0.05, 0.1) is 18.8 Å². The second-order valence-electron chi connectivity index (χ2n) is 21.3. The van der Waals surface area contributed by atoms with Crippen LogP contribution in [0.5, 0.6) is 0 Å². The number of nitrogens with one attached hydrogen (secondary N) is 1. The molecule has 1 amide bonds. The van der Waals surface area contributed by atoms with Gasteiger partial charge in [-0.15, -0.1) is 0 Å². The lowest BCUT2D eigenvalue weighted by atomic mass is 10.0. The average molecular weight is 945 g/mol. The molecule has 0 saturated heterocycles. The van der Waals surface area contributed by atoms with Gasteiger partial charge in [-0.05, 0) is 64.2 Å². The van der Waals surface area contributed by atoms with Crippen molar-refractivity contribution in [2.24, 2.45) is 0 Å². The summed E-state index contributed by atoms with van der Waals surface area (Å²) in [6, 6.07) is -0.825. The molecule has 0 bridgehead atoms. The monoisotopic (exact) mass is 944 g/mol. The maximum atomic E-state index is 12.5. The summed E-state index contributed by atoms with van der Waals surface area (Å²) in [5.74, 6) is -0.148. The molecule has 0 fully saturated rings. The number of carbonyl (C=O) groups is 1. The van der Waals surface area contributed by atoms with E-state index in [1.54, 1.807) is 0 Å². The number of amides is 1. The summed E-state index contributed by atoms with van der Waals surface area (Å²) in [5, 5.41) is 33.8. The number of allylic oxidation sites excluding steroid dienone is 4. The number of carbonyl (C=O) groups excluding carboxylic acids is 1. The van der Waals surface area contributed by atoms with E-state index in [9.17, 15) is 20.1 Å². The van der Waals surface area contributed by atoms with E-state index >= 15 is 0 Å². The van der Waals surface area contributed by atoms with E-state index in [0.717, 1.165) is 38.5 Å². The molecule has 4 N–H and O–H groups in total. The summed E-state index contributed by atoms with van der Waals surface area (Å²) in [7, 11) is 0. The SMILES string of the molecule is CCCCCCCCCCCCCC/C=C\CCCCCCCCCCCCCCCCCCC(=O)NC(CO)C(O)C(O)CCC/C=C/CCCCCCCCCCCCCCCCCC. The predicted molar refractivity (Wildman–Crippen MR) is 296 cm³/mol. The quantitative estimate of drug-likeness (QED) is 0.0361. The highest BCUT2D eigenvalue weighted by molar-refractivity contribution is 5.76. The first-order valence-corrected chi connectivity index (χ1v) is 30.6. The molecule has 0 spiro atoms. The van der Waals surface area contributed by atoms with Crippen LogP contribution in [0.2, 0.25) is 0 Å². The fourth-order valence-corrected chi connectivity index (χ4v) is 9.81. The van der Waals surface area contributed by atoms with E-state index < -0.39 is 18.2 Å². The number of aliphatic hydroxyl groups is 3. The summed E-state index contributed by atoms with van der Waals surface area (Å²) in [6.07, 6.45) is 73.6. The molecule has 0 aliphatic heterocycles. The third kappa shape index (κ3) is 52.5. The third-order valence-corrected chi connectivity index (χ3v) is 14.5. The van der Waals surface area contributed by atoms with Gasteiger partial charge in [-0.3, -0.25) is 4.79 Å². The Morgan fingerprint density at radius 3 is 0.866 bits per heavy atom. The minimum atomic E-state index is -1.16. The van der Waals surface area contributed by atoms with E-state index in [0.29, 0.717) is 12.8 Å². The Kier molecular flexibility index (Phi) is 56.4. The van der Waals surface area contributed by atoms with E-state index in [4.69, 9.17) is 0 Å². The van der Waals surface area contributed by atoms with Crippen LogP contribution in [-0.2, 0) is 4.79 Å². The van der Waals surface area contributed by atoms with Crippen LogP contribution in [-0.4, -0.2) is 46.1 Å². The molecule has 0 rings (SSSR count). The first kappa shape index (κ1) is 65.8. The van der Waals surface area contributed by atoms with Gasteiger partial charge in [-0.25, -0.2) is 0 Å². The Morgan fingerprint density at radius 1 is 0.358 bits per heavy atom. The highest BCUT2D eigenvalue weighted by atomic mass is 16.3. The van der Waals surface area contributed by atoms with E-state index in [1.165, 1.54) is 276 Å². The molecule has 0 aromatic carbocycles. The van der Waals surface area contributed by atoms with Crippen LogP contribution in [0, 0.1) is 0 Å². The molecule has 0 aliphatic carbocycles. The number of unbranched alkanes of at least 4 members (excludes halogenated alkanes) is 45. The van der Waals surface area contributed by atoms with Crippen LogP contribution >= 0.6 is 0 Å². The maximum absolute atomic E-state index is 12.5. The van der Waals surface area contributed by atoms with Gasteiger partial charge in [0.25, 0.3) is 0 Å². The van der Waals surface area contributed by atoms with Gasteiger partial charge in [0.2, 0.25) is 5.91 Å². The van der Waals surface area contributed by atoms with Crippen LogP contribution in [0.1, 0.15) is 341 Å². The summed E-state index contributed by atoms with van der Waals surface area (Å²) in [6.45, 7) is 4.21. The van der Waals surface area contributed by atoms with Crippen LogP contribution in [0.4, 0.5) is 0 Å². The lowest BCUT2D eigenvalue weighted by Gasteiger charge is -2.26. The van der Waals surface area contributed by atoms with Crippen LogP contribution < -0.4 is 5.32 Å². The van der Waals surface area contributed by atoms with Crippen molar-refractivity contribution in [2.75, 3.05) is 6.61 Å². The minimum absolute atomic E-state index is 0.148. The van der Waals surface area contributed by atoms with Gasteiger partial charge in [-0.1, -0.05) is 295 Å². The number of rotatable bonds is 57. The van der Waals surface area contributed by atoms with Crippen molar-refractivity contribution >= 4 is 5.91 Å². The fraction of sp³-hybridized carbons (Fsp3) is 0.919. The van der Waals surface area contributed by atoms with Crippen molar-refractivity contribution < 1.29 is 20.1 Å². The molecule has 0 aromatic rings. The van der Waals surface area contributed by atoms with Gasteiger partial charge in [0, 0.05) is 6.42 Å². The van der Waals surface area contributed by atoms with Gasteiger partial charge in [-0.2, -0.15) is 0 Å². The molecular formula is C62H121NO4. The largest absolute Gasteiger partial charge is 0.394 e. The van der Waals surface area contributed by atoms with Gasteiger partial charge in [0.15, 0.2) is 0 Å². The second kappa shape index (κ2) is 57.4. The van der Waals surface area contributed by atoms with E-state index in [-0.39, 0.29) is 12.5 Å². The Hall–Kier alpha value is -1.17. The Morgan fingerprint density at radius 2 is 0.597 bits per heavy atom. The van der Waals surface area contributed by atoms with Crippen molar-refractivity contribution in [1.82, 2.24) is 5.32 Å². The molecular weight excluding hydrogens is 823 g/mol. The number of hydrogen-bond donors (Lipinski definition) is 4. The molecule has 0 radical (unpaired) electrons. The molecule has 0 saturated carbocycles. The van der Waals surface area contributed by atoms with Crippen molar-refractivity contribution in [2.45, 2.75) is 360 Å². The lowest BCUT2D eigenvalue weighted by Crippen LogP contribution is -2.50. The van der Waals surface area contributed by atoms with Crippen molar-refractivity contribution in [1.29, 1.82) is 0 Å². The van der Waals surface area contributed by atoms with E-state index in [1.807, 2.05) is 0 Å². The van der Waals surface area contributed by atoms with Crippen molar-refractivity contribution in [3.05, 3.63) is 24.3 Å². The lowest BCUT2D eigenvalue weighted by molar-refractivity contribution is -0.124. The summed E-state index contributed by atoms with van der Waals surface area (Å²) >= 11 is 0. The molecule has 0 aromatic heterocycles. The van der Waals surface area contributed by atoms with E-state index in [2.05, 4.69) is 43.5 Å². The zero-order valence-corrected chi connectivity index (χ0v) is 45.6. The Labute approximate surface area is 420 Å². The molecule has 67 heavy (non-hydrogen) atoms. The summed E-state index contributed by atoms with van der Waals surface area (Å²) < 4.78 is 0. The molecule has 0 aliphatic rings. The smallest absolute Gasteiger partial charge is 0.220 e. The normalized spacial score (nSPS) is 13.3. The highest BCUT2D eigenvalue weighted by Crippen LogP contribution is 2.18. The van der Waals surface area contributed by atoms with Gasteiger partial charge >= 0.3 is 0 Å². The van der Waals surface area contributed by atoms with Gasteiger partial charge in [0.1, 0.15) is 6.10 Å². The molecule has 5 nitrogen and oxygen atoms in total. The fourth-order valence-electron chi connectivity index (χ4n) is 9.81. The molecule has 0 heterocycles. The zero-order chi connectivity index (χ0) is 48.6. The first-order chi connectivity index (χ1) is 33.1. The predicted octanol–water partition coefficient (Wildman–Crippen LogP) is 19.2. The first-order valence-electron chi connectivity index (χ1n) is 30.6. The summed E-state index contributed by atoms with van der Waals surface area (Å²) in [4.78, 5) is 12.5. The summed E-state index contributed by atoms with van der Waals surface area (Å²) in [5.41, 5.74) is 0. The Bertz CT molecular complexity index is 998. The molecule has 398 valence electrons. The topological polar surface area (TPSA) is 89.8 Å². The highest BCUT2D eigenvalue weighted by Gasteiger charge is 2.26. The maximum Gasteiger partial charge on any atom is 0.220 e. The minimum Gasteiger partial charge on any atom is -0.394 e. The second-order valence-corrected chi connectivity index (χ2v) is 21.3. The molecule has 5 heteroatoms. The molecule has 3 unspecified atom stereocenters. The van der Waals surface area contributed by atoms with Gasteiger partial charge < -0.3 is 20.6 Å². The number of hydrogen-bond acceptors (Lipinski definition) is 4. The van der Waals surface area contributed by atoms with Crippen molar-refractivity contribution in [3.8, 4) is 0 Å². The van der Waals surface area contributed by atoms with Crippen molar-refractivity contribution in [3.63, 3.8) is 0 Å². The van der Waals surface area contributed by atoms with Crippen LogP contribution in [0.25, 0.3) is 0 Å². The van der Waals surface area contributed by atoms with Crippen LogP contribution in [0.3, 0.4) is 0 Å². The van der Waals surface area contributed by atoms with Crippen LogP contribution in [0.15, 0.2) is 24.3 Å². The molecule has 3 atom stereocenters. The average Bonchev–Trinajstić information content (AvgIpc) is 3.33. The zero-order valence-electron chi connectivity index (χ0n) is 45.6.